The van der Waals surface area contributed by atoms with Crippen molar-refractivity contribution in [2.24, 2.45) is 4.99 Å². The summed E-state index contributed by atoms with van der Waals surface area (Å²) in [6.45, 7) is 0.551. The smallest absolute Gasteiger partial charge is 0.222 e. The summed E-state index contributed by atoms with van der Waals surface area (Å²) in [4.78, 5) is 16.1. The number of aliphatic hydroxyl groups excluding tert-OH is 1. The molecule has 2 aromatic rings. The second kappa shape index (κ2) is 6.60. The Kier molecular flexibility index (Phi) is 4.36. The minimum atomic E-state index is -2.09. The van der Waals surface area contributed by atoms with Crippen LogP contribution in [0.2, 0.25) is 0 Å². The molecule has 3 rings (SSSR count). The standard InChI is InChI=1S/C17H15NO5/c19-15(17(20)21)12-6-7-13(14-16(12)22-9-8-18-14)23-10-11-4-2-1-3-5-11/h1-8,17,20-21H,9-10H2. The third-order valence-electron chi connectivity index (χ3n) is 3.35. The molecular weight excluding hydrogens is 298 g/mol. The van der Waals surface area contributed by atoms with E-state index < -0.39 is 12.1 Å². The molecule has 0 unspecified atom stereocenters. The number of aliphatic hydroxyl groups is 2. The van der Waals surface area contributed by atoms with Crippen LogP contribution in [0.15, 0.2) is 47.5 Å². The second-order valence-electron chi connectivity index (χ2n) is 4.92. The maximum Gasteiger partial charge on any atom is 0.222 e. The molecule has 2 N–H and O–H groups in total. The van der Waals surface area contributed by atoms with Crippen LogP contribution in [0.4, 0.5) is 5.69 Å². The van der Waals surface area contributed by atoms with Gasteiger partial charge in [0, 0.05) is 6.21 Å². The van der Waals surface area contributed by atoms with E-state index >= 15 is 0 Å². The van der Waals surface area contributed by atoms with E-state index in [0.717, 1.165) is 5.56 Å². The first-order chi connectivity index (χ1) is 11.2. The van der Waals surface area contributed by atoms with E-state index in [2.05, 4.69) is 4.99 Å². The molecule has 0 spiro atoms. The first-order valence-corrected chi connectivity index (χ1v) is 7.06. The van der Waals surface area contributed by atoms with Crippen LogP contribution in [0.3, 0.4) is 0 Å². The zero-order valence-corrected chi connectivity index (χ0v) is 12.2. The van der Waals surface area contributed by atoms with Gasteiger partial charge in [0.05, 0.1) is 5.56 Å². The van der Waals surface area contributed by atoms with Crippen LogP contribution in [0.5, 0.6) is 11.5 Å². The minimum Gasteiger partial charge on any atom is -0.486 e. The summed E-state index contributed by atoms with van der Waals surface area (Å²) in [7, 11) is 0. The fourth-order valence-corrected chi connectivity index (χ4v) is 2.26. The van der Waals surface area contributed by atoms with Gasteiger partial charge in [0.2, 0.25) is 12.1 Å². The van der Waals surface area contributed by atoms with Crippen LogP contribution in [-0.2, 0) is 6.61 Å². The average molecular weight is 313 g/mol. The SMILES string of the molecule is O=C(c1ccc(OCc2ccccc2)c2c1OCC=N2)C(O)O. The van der Waals surface area contributed by atoms with Gasteiger partial charge in [-0.05, 0) is 17.7 Å². The predicted octanol–water partition coefficient (Wildman–Crippen LogP) is 1.85. The van der Waals surface area contributed by atoms with Gasteiger partial charge in [-0.25, -0.2) is 4.99 Å². The Labute approximate surface area is 132 Å². The van der Waals surface area contributed by atoms with Crippen LogP contribution in [0.25, 0.3) is 0 Å². The Morgan fingerprint density at radius 2 is 2.00 bits per heavy atom. The van der Waals surface area contributed by atoms with Crippen molar-refractivity contribution in [1.82, 2.24) is 0 Å². The van der Waals surface area contributed by atoms with Crippen LogP contribution in [-0.4, -0.2) is 35.1 Å². The maximum atomic E-state index is 11.8. The lowest BCUT2D eigenvalue weighted by Gasteiger charge is -2.19. The first kappa shape index (κ1) is 15.2. The van der Waals surface area contributed by atoms with Crippen LogP contribution < -0.4 is 9.47 Å². The number of nitrogens with zero attached hydrogens (tertiary/aromatic N) is 1. The first-order valence-electron chi connectivity index (χ1n) is 7.06. The molecule has 0 saturated heterocycles. The summed E-state index contributed by atoms with van der Waals surface area (Å²) in [5.41, 5.74) is 1.44. The number of fused-ring (bicyclic) bond motifs is 1. The zero-order chi connectivity index (χ0) is 16.2. The lowest BCUT2D eigenvalue weighted by atomic mass is 10.1. The Morgan fingerprint density at radius 3 is 2.74 bits per heavy atom. The molecule has 1 heterocycles. The molecular formula is C17H15NO5. The fourth-order valence-electron chi connectivity index (χ4n) is 2.26. The average Bonchev–Trinajstić information content (AvgIpc) is 2.60. The van der Waals surface area contributed by atoms with Crippen molar-refractivity contribution in [2.75, 3.05) is 6.61 Å². The molecule has 0 atom stereocenters. The number of carbonyl (C=O) groups excluding carboxylic acids is 1. The molecule has 23 heavy (non-hydrogen) atoms. The van der Waals surface area contributed by atoms with Crippen molar-refractivity contribution in [1.29, 1.82) is 0 Å². The number of rotatable bonds is 5. The molecule has 0 fully saturated rings. The van der Waals surface area contributed by atoms with Gasteiger partial charge in [-0.3, -0.25) is 4.79 Å². The third-order valence-corrected chi connectivity index (χ3v) is 3.35. The normalized spacial score (nSPS) is 12.7. The molecule has 0 radical (unpaired) electrons. The predicted molar refractivity (Wildman–Crippen MR) is 83.4 cm³/mol. The maximum absolute atomic E-state index is 11.8. The number of hydrogen-bond acceptors (Lipinski definition) is 6. The molecule has 1 aliphatic heterocycles. The summed E-state index contributed by atoms with van der Waals surface area (Å²) >= 11 is 0. The zero-order valence-electron chi connectivity index (χ0n) is 12.2. The lowest BCUT2D eigenvalue weighted by molar-refractivity contribution is -0.0197. The van der Waals surface area contributed by atoms with Gasteiger partial charge < -0.3 is 19.7 Å². The van der Waals surface area contributed by atoms with Crippen LogP contribution in [0, 0.1) is 0 Å². The topological polar surface area (TPSA) is 88.4 Å². The largest absolute Gasteiger partial charge is 0.486 e. The summed E-state index contributed by atoms with van der Waals surface area (Å²) in [5, 5.41) is 18.2. The van der Waals surface area contributed by atoms with Crippen molar-refractivity contribution in [3.05, 3.63) is 53.6 Å². The monoisotopic (exact) mass is 313 g/mol. The minimum absolute atomic E-state index is 0.0684. The van der Waals surface area contributed by atoms with E-state index in [0.29, 0.717) is 18.0 Å². The molecule has 0 aliphatic carbocycles. The Bertz CT molecular complexity index is 740. The number of ether oxygens (including phenoxy) is 2. The van der Waals surface area contributed by atoms with Crippen molar-refractivity contribution in [3.63, 3.8) is 0 Å². The van der Waals surface area contributed by atoms with Gasteiger partial charge in [-0.1, -0.05) is 30.3 Å². The van der Waals surface area contributed by atoms with Gasteiger partial charge >= 0.3 is 0 Å². The number of benzene rings is 2. The van der Waals surface area contributed by atoms with Gasteiger partial charge in [-0.15, -0.1) is 0 Å². The lowest BCUT2D eigenvalue weighted by Crippen LogP contribution is -2.21. The van der Waals surface area contributed by atoms with E-state index in [-0.39, 0.29) is 17.9 Å². The molecule has 2 aromatic carbocycles. The summed E-state index contributed by atoms with van der Waals surface area (Å²) < 4.78 is 11.2. The third kappa shape index (κ3) is 3.23. The highest BCUT2D eigenvalue weighted by atomic mass is 16.5. The fraction of sp³-hybridized carbons (Fsp3) is 0.176. The summed E-state index contributed by atoms with van der Waals surface area (Å²) in [6.07, 6.45) is -0.536. The quantitative estimate of drug-likeness (QED) is 0.649. The summed E-state index contributed by atoms with van der Waals surface area (Å²) in [6, 6.07) is 12.6. The molecule has 6 nitrogen and oxygen atoms in total. The highest BCUT2D eigenvalue weighted by molar-refractivity contribution is 6.03. The van der Waals surface area contributed by atoms with Gasteiger partial charge in [0.25, 0.3) is 0 Å². The van der Waals surface area contributed by atoms with Crippen LogP contribution in [0.1, 0.15) is 15.9 Å². The van der Waals surface area contributed by atoms with Crippen molar-refractivity contribution >= 4 is 17.7 Å². The van der Waals surface area contributed by atoms with Gasteiger partial charge in [-0.2, -0.15) is 0 Å². The van der Waals surface area contributed by atoms with Crippen molar-refractivity contribution in [2.45, 2.75) is 12.9 Å². The second-order valence-corrected chi connectivity index (χ2v) is 4.92. The number of ketones is 1. The van der Waals surface area contributed by atoms with E-state index in [1.807, 2.05) is 30.3 Å². The molecule has 6 heteroatoms. The highest BCUT2D eigenvalue weighted by Gasteiger charge is 2.25. The number of aliphatic imine (C=N–C) groups is 1. The molecule has 0 saturated carbocycles. The van der Waals surface area contributed by atoms with E-state index in [1.165, 1.54) is 6.07 Å². The molecule has 0 aromatic heterocycles. The summed E-state index contributed by atoms with van der Waals surface area (Å²) in [5.74, 6) is -0.173. The van der Waals surface area contributed by atoms with Crippen molar-refractivity contribution in [3.8, 4) is 11.5 Å². The number of Topliss-reactive ketones (excluding diaryl/α,β-unsaturated/α-hetero) is 1. The molecule has 0 amide bonds. The van der Waals surface area contributed by atoms with E-state index in [9.17, 15) is 4.79 Å². The number of hydrogen-bond donors (Lipinski definition) is 2. The van der Waals surface area contributed by atoms with E-state index in [4.69, 9.17) is 19.7 Å². The Balaban J connectivity index is 1.90. The van der Waals surface area contributed by atoms with Gasteiger partial charge in [0.1, 0.15) is 24.7 Å². The van der Waals surface area contributed by atoms with Crippen LogP contribution >= 0.6 is 0 Å². The molecule has 118 valence electrons. The van der Waals surface area contributed by atoms with E-state index in [1.54, 1.807) is 12.3 Å². The molecule has 1 aliphatic rings. The molecule has 0 bridgehead atoms. The number of carbonyl (C=O) groups is 1. The van der Waals surface area contributed by atoms with Crippen molar-refractivity contribution < 1.29 is 24.5 Å². The Hall–Kier alpha value is -2.70. The van der Waals surface area contributed by atoms with Gasteiger partial charge in [0.15, 0.2) is 5.75 Å². The Morgan fingerprint density at radius 1 is 1.22 bits per heavy atom. The highest BCUT2D eigenvalue weighted by Crippen LogP contribution is 2.42.